The van der Waals surface area contributed by atoms with Gasteiger partial charge in [-0.2, -0.15) is 0 Å². The number of hydrogen-bond donors (Lipinski definition) is 3. The van der Waals surface area contributed by atoms with E-state index in [9.17, 15) is 53.4 Å². The van der Waals surface area contributed by atoms with Crippen LogP contribution in [0.15, 0.2) is 97.1 Å². The standard InChI is InChI=1S/C51H57NO17/c1-29(40(54)55)64-46(61)50(7,8)68-42(57)37(27-31-20-24-35(25-21-31)39(53)34-17-12-11-13-18-34)52-44(59)49(5,6)69-43(58)38(28-32-22-23-33-16-14-15-19-36(33)26-32)66-47(62)51(9,10)67-41(56)30(2)65-45(60)48(3,4)63/h11-26,29-30,37-38,63H,27-28H2,1-10H3,(H,52,59)(H,54,55). The highest BCUT2D eigenvalue weighted by Crippen LogP contribution is 2.24. The molecule has 3 N–H and O–H groups in total. The summed E-state index contributed by atoms with van der Waals surface area (Å²) in [6.45, 7) is 11.6. The number of hydrogen-bond acceptors (Lipinski definition) is 16. The van der Waals surface area contributed by atoms with Crippen molar-refractivity contribution in [3.05, 3.63) is 119 Å². The second-order valence-electron chi connectivity index (χ2n) is 18.2. The van der Waals surface area contributed by atoms with Crippen molar-refractivity contribution < 1.29 is 81.8 Å². The topological polar surface area (TPSA) is 261 Å². The molecule has 4 aromatic rings. The second-order valence-corrected chi connectivity index (χ2v) is 18.2. The monoisotopic (exact) mass is 955 g/mol. The van der Waals surface area contributed by atoms with Crippen molar-refractivity contribution in [2.24, 2.45) is 0 Å². The summed E-state index contributed by atoms with van der Waals surface area (Å²) < 4.78 is 32.1. The van der Waals surface area contributed by atoms with Gasteiger partial charge >= 0.3 is 41.8 Å². The predicted molar refractivity (Wildman–Crippen MR) is 245 cm³/mol. The highest BCUT2D eigenvalue weighted by Gasteiger charge is 2.44. The average Bonchev–Trinajstić information content (AvgIpc) is 3.27. The predicted octanol–water partition coefficient (Wildman–Crippen LogP) is 4.94. The van der Waals surface area contributed by atoms with Gasteiger partial charge in [0.25, 0.3) is 5.91 Å². The smallest absolute Gasteiger partial charge is 0.350 e. The second kappa shape index (κ2) is 22.1. The lowest BCUT2D eigenvalue weighted by Crippen LogP contribution is -2.55. The van der Waals surface area contributed by atoms with Crippen molar-refractivity contribution in [3.8, 4) is 0 Å². The van der Waals surface area contributed by atoms with Gasteiger partial charge in [0.2, 0.25) is 17.3 Å². The summed E-state index contributed by atoms with van der Waals surface area (Å²) >= 11 is 0. The zero-order valence-electron chi connectivity index (χ0n) is 40.0. The molecule has 4 rings (SSSR count). The summed E-state index contributed by atoms with van der Waals surface area (Å²) in [5.41, 5.74) is -6.60. The van der Waals surface area contributed by atoms with Gasteiger partial charge in [0.1, 0.15) is 6.04 Å². The number of carbonyl (C=O) groups excluding carboxylic acids is 8. The molecule has 0 spiro atoms. The van der Waals surface area contributed by atoms with Crippen LogP contribution in [-0.2, 0) is 79.6 Å². The largest absolute Gasteiger partial charge is 0.479 e. The number of rotatable bonds is 21. The molecule has 0 aliphatic carbocycles. The Morgan fingerprint density at radius 3 is 1.59 bits per heavy atom. The number of benzene rings is 4. The first-order valence-electron chi connectivity index (χ1n) is 21.7. The normalized spacial score (nSPS) is 13.6. The van der Waals surface area contributed by atoms with Crippen LogP contribution in [0.4, 0.5) is 0 Å². The Hall–Kier alpha value is -7.47. The molecule has 0 aliphatic rings. The quantitative estimate of drug-likeness (QED) is 0.0568. The van der Waals surface area contributed by atoms with E-state index in [1.54, 1.807) is 54.6 Å². The molecule has 0 bridgehead atoms. The van der Waals surface area contributed by atoms with E-state index < -0.39 is 94.5 Å². The summed E-state index contributed by atoms with van der Waals surface area (Å²) in [6, 6.07) is 25.5. The van der Waals surface area contributed by atoms with Gasteiger partial charge in [-0.1, -0.05) is 97.1 Å². The highest BCUT2D eigenvalue weighted by atomic mass is 16.6. The number of carbonyl (C=O) groups is 9. The molecule has 18 heteroatoms. The summed E-state index contributed by atoms with van der Waals surface area (Å²) in [5, 5.41) is 23.3. The molecular formula is C51H57NO17. The molecule has 0 saturated carbocycles. The highest BCUT2D eigenvalue weighted by molar-refractivity contribution is 6.09. The van der Waals surface area contributed by atoms with Crippen LogP contribution in [0.2, 0.25) is 0 Å². The zero-order chi connectivity index (χ0) is 51.6. The van der Waals surface area contributed by atoms with E-state index in [-0.39, 0.29) is 18.6 Å². The van der Waals surface area contributed by atoms with E-state index in [0.717, 1.165) is 66.2 Å². The fraction of sp³-hybridized carbons (Fsp3) is 0.392. The minimum Gasteiger partial charge on any atom is -0.479 e. The lowest BCUT2D eigenvalue weighted by atomic mass is 9.99. The molecule has 1 amide bonds. The van der Waals surface area contributed by atoms with Crippen molar-refractivity contribution in [2.45, 2.75) is 129 Å². The number of nitrogens with one attached hydrogen (secondary N) is 1. The maximum absolute atomic E-state index is 14.2. The van der Waals surface area contributed by atoms with Crippen molar-refractivity contribution in [1.82, 2.24) is 5.32 Å². The molecular weight excluding hydrogens is 899 g/mol. The van der Waals surface area contributed by atoms with Crippen molar-refractivity contribution in [2.75, 3.05) is 0 Å². The Bertz CT molecular complexity index is 2570. The molecule has 0 aromatic heterocycles. The SMILES string of the molecule is CC(OC(=O)C(C)(C)OC(=O)C(Cc1ccc(C(=O)c2ccccc2)cc1)NC(=O)C(C)(C)OC(=O)C(Cc1ccc2ccccc2c1)OC(=O)C(C)(C)OC(=O)C(C)OC(=O)C(C)(C)O)C(=O)O. The molecule has 69 heavy (non-hydrogen) atoms. The molecule has 368 valence electrons. The Kier molecular flexibility index (Phi) is 17.3. The number of amides is 1. The first-order valence-corrected chi connectivity index (χ1v) is 21.7. The van der Waals surface area contributed by atoms with Crippen molar-refractivity contribution >= 4 is 64.2 Å². The summed E-state index contributed by atoms with van der Waals surface area (Å²) in [5.74, 6) is -9.97. The van der Waals surface area contributed by atoms with Crippen molar-refractivity contribution in [1.29, 1.82) is 0 Å². The first-order chi connectivity index (χ1) is 32.0. The van der Waals surface area contributed by atoms with E-state index in [1.807, 2.05) is 18.2 Å². The summed E-state index contributed by atoms with van der Waals surface area (Å²) in [6.07, 6.45) is -5.55. The van der Waals surface area contributed by atoms with E-state index in [2.05, 4.69) is 5.32 Å². The molecule has 4 unspecified atom stereocenters. The van der Waals surface area contributed by atoms with E-state index in [1.165, 1.54) is 38.1 Å². The number of aliphatic hydroxyl groups is 1. The van der Waals surface area contributed by atoms with Crippen LogP contribution in [0, 0.1) is 0 Å². The van der Waals surface area contributed by atoms with E-state index in [4.69, 9.17) is 28.4 Å². The molecule has 0 aliphatic heterocycles. The van der Waals surface area contributed by atoms with Crippen LogP contribution in [-0.4, -0.2) is 110 Å². The van der Waals surface area contributed by atoms with Crippen LogP contribution < -0.4 is 5.32 Å². The third-order valence-corrected chi connectivity index (χ3v) is 10.4. The number of ether oxygens (including phenoxy) is 6. The number of esters is 6. The lowest BCUT2D eigenvalue weighted by molar-refractivity contribution is -0.197. The van der Waals surface area contributed by atoms with Gasteiger partial charge in [-0.15, -0.1) is 0 Å². The summed E-state index contributed by atoms with van der Waals surface area (Å²) in [7, 11) is 0. The number of ketones is 1. The Labute approximate surface area is 398 Å². The van der Waals surface area contributed by atoms with Crippen LogP contribution in [0.5, 0.6) is 0 Å². The van der Waals surface area contributed by atoms with E-state index >= 15 is 0 Å². The fourth-order valence-electron chi connectivity index (χ4n) is 6.14. The fourth-order valence-corrected chi connectivity index (χ4v) is 6.14. The number of carboxylic acid groups (broad SMARTS) is 1. The van der Waals surface area contributed by atoms with Crippen LogP contribution in [0.25, 0.3) is 10.8 Å². The van der Waals surface area contributed by atoms with Gasteiger partial charge in [-0.25, -0.2) is 33.6 Å². The Balaban J connectivity index is 1.61. The van der Waals surface area contributed by atoms with Gasteiger partial charge < -0.3 is 44.0 Å². The van der Waals surface area contributed by atoms with Gasteiger partial charge in [0.05, 0.1) is 0 Å². The maximum atomic E-state index is 14.2. The van der Waals surface area contributed by atoms with Crippen LogP contribution >= 0.6 is 0 Å². The van der Waals surface area contributed by atoms with Gasteiger partial charge in [0, 0.05) is 24.0 Å². The molecule has 18 nitrogen and oxygen atoms in total. The third-order valence-electron chi connectivity index (χ3n) is 10.4. The average molecular weight is 956 g/mol. The number of aliphatic carboxylic acids is 1. The molecule has 4 aromatic carbocycles. The Morgan fingerprint density at radius 2 is 1.01 bits per heavy atom. The third kappa shape index (κ3) is 15.0. The van der Waals surface area contributed by atoms with Crippen molar-refractivity contribution in [3.63, 3.8) is 0 Å². The minimum absolute atomic E-state index is 0.277. The molecule has 0 heterocycles. The Morgan fingerprint density at radius 1 is 0.522 bits per heavy atom. The van der Waals surface area contributed by atoms with Gasteiger partial charge in [0.15, 0.2) is 29.2 Å². The lowest BCUT2D eigenvalue weighted by Gasteiger charge is -2.31. The molecule has 0 radical (unpaired) electrons. The first kappa shape index (κ1) is 54.1. The number of fused-ring (bicyclic) bond motifs is 1. The van der Waals surface area contributed by atoms with Crippen LogP contribution in [0.3, 0.4) is 0 Å². The number of carboxylic acids is 1. The molecule has 4 atom stereocenters. The maximum Gasteiger partial charge on any atom is 0.350 e. The zero-order valence-corrected chi connectivity index (χ0v) is 40.0. The van der Waals surface area contributed by atoms with Gasteiger partial charge in [-0.05, 0) is 91.1 Å². The van der Waals surface area contributed by atoms with E-state index in [0.29, 0.717) is 22.3 Å². The molecule has 0 fully saturated rings. The minimum atomic E-state index is -2.14. The molecule has 0 saturated heterocycles. The van der Waals surface area contributed by atoms with Gasteiger partial charge in [-0.3, -0.25) is 9.59 Å². The van der Waals surface area contributed by atoms with Crippen LogP contribution in [0.1, 0.15) is 96.3 Å². The summed E-state index contributed by atoms with van der Waals surface area (Å²) in [4.78, 5) is 118.